The van der Waals surface area contributed by atoms with Gasteiger partial charge in [0.05, 0.1) is 24.2 Å². The summed E-state index contributed by atoms with van der Waals surface area (Å²) in [5.41, 5.74) is 12.2. The fourth-order valence-electron chi connectivity index (χ4n) is 16.8. The van der Waals surface area contributed by atoms with Crippen LogP contribution in [-0.4, -0.2) is 67.7 Å². The summed E-state index contributed by atoms with van der Waals surface area (Å²) in [4.78, 5) is 55.0. The lowest BCUT2D eigenvalue weighted by atomic mass is 9.76. The second-order valence-corrected chi connectivity index (χ2v) is 25.2. The zero-order chi connectivity index (χ0) is 61.3. The lowest BCUT2D eigenvalue weighted by Gasteiger charge is -2.34. The third-order valence-electron chi connectivity index (χ3n) is 20.6. The fraction of sp³-hybridized carbons (Fsp3) is 0.360. The summed E-state index contributed by atoms with van der Waals surface area (Å²) in [5.74, 6) is 0.496. The smallest absolute Gasteiger partial charge is 0.407 e. The lowest BCUT2D eigenvalue weighted by Crippen LogP contribution is -2.39. The number of nitrogens with zero attached hydrogens (tertiary/aromatic N) is 4. The van der Waals surface area contributed by atoms with E-state index < -0.39 is 23.4 Å². The van der Waals surface area contributed by atoms with E-state index in [-0.39, 0.29) is 37.2 Å². The summed E-state index contributed by atoms with van der Waals surface area (Å²) in [5, 5.41) is 10.4. The molecule has 0 saturated heterocycles. The number of esters is 2. The molecular formula is C75H78N6O8. The maximum Gasteiger partial charge on any atom is 0.407 e. The molecule has 0 bridgehead atoms. The molecule has 6 heterocycles. The van der Waals surface area contributed by atoms with E-state index in [1.54, 1.807) is 0 Å². The molecule has 14 heteroatoms. The highest BCUT2D eigenvalue weighted by molar-refractivity contribution is 6.03. The van der Waals surface area contributed by atoms with E-state index >= 15 is 0 Å². The molecule has 89 heavy (non-hydrogen) atoms. The number of rotatable bonds is 16. The largest absolute Gasteiger partial charge is 0.448 e. The van der Waals surface area contributed by atoms with Crippen LogP contribution in [0.3, 0.4) is 0 Å². The maximum atomic E-state index is 14.0. The van der Waals surface area contributed by atoms with Gasteiger partial charge in [-0.05, 0) is 148 Å². The van der Waals surface area contributed by atoms with Crippen molar-refractivity contribution in [1.82, 2.24) is 28.9 Å². The summed E-state index contributed by atoms with van der Waals surface area (Å²) in [6.45, 7) is 15.4. The highest BCUT2D eigenvalue weighted by Gasteiger charge is 2.55. The Kier molecular flexibility index (Phi) is 15.0. The van der Waals surface area contributed by atoms with Gasteiger partial charge in [-0.3, -0.25) is 0 Å². The predicted molar refractivity (Wildman–Crippen MR) is 347 cm³/mol. The first-order chi connectivity index (χ1) is 43.4. The third kappa shape index (κ3) is 9.41. The molecule has 2 N–H and O–H groups in total. The van der Waals surface area contributed by atoms with Gasteiger partial charge in [0.2, 0.25) is 0 Å². The molecule has 4 aromatic heterocycles. The van der Waals surface area contributed by atoms with Crippen molar-refractivity contribution in [1.29, 1.82) is 0 Å². The van der Waals surface area contributed by atoms with Gasteiger partial charge in [0, 0.05) is 125 Å². The summed E-state index contributed by atoms with van der Waals surface area (Å²) >= 11 is 0. The average Bonchev–Trinajstić information content (AvgIpc) is 1.54. The molecule has 2 aliphatic heterocycles. The molecule has 2 amide bonds. The Morgan fingerprint density at radius 3 is 1.09 bits per heavy atom. The molecular weight excluding hydrogens is 1110 g/mol. The number of carbonyl (C=O) groups is 4. The van der Waals surface area contributed by atoms with Gasteiger partial charge in [-0.25, -0.2) is 19.2 Å². The molecule has 0 radical (unpaired) electrons. The number of alkyl carbamates (subject to hydrolysis) is 2. The van der Waals surface area contributed by atoms with Crippen LogP contribution in [-0.2, 0) is 56.3 Å². The van der Waals surface area contributed by atoms with Gasteiger partial charge in [0.15, 0.2) is 11.2 Å². The van der Waals surface area contributed by atoms with Crippen molar-refractivity contribution in [3.63, 3.8) is 0 Å². The lowest BCUT2D eigenvalue weighted by molar-refractivity contribution is 0.0245. The number of aromatic nitrogens is 4. The number of hydrogen-bond donors (Lipinski definition) is 2. The first-order valence-electron chi connectivity index (χ1n) is 32.2. The van der Waals surface area contributed by atoms with Crippen molar-refractivity contribution < 1.29 is 38.1 Å². The highest BCUT2D eigenvalue weighted by atomic mass is 16.6. The Morgan fingerprint density at radius 1 is 0.438 bits per heavy atom. The molecule has 14 nitrogen and oxygen atoms in total. The standard InChI is InChI=1S/C75H78N6O8/c1-7-78-46(3)66(56-23-11-17-29-62(56)78)74(60-27-15-9-21-54(60)70(82)88-74)68-48(5)80(64-31-19-13-25-58(64)68)41-43-86-72(84)76-52-37-33-50(34-38-52)45-51-35-39-53(40-36-51)77-73(85)87-44-42-81-49(6)69(59-26-14-20-32-65(59)81)75(61-28-16-10-22-55(61)71(83)89-75)67-47(4)79(8-2)63-30-18-12-24-57(63)67/h9-32,50-53H,7-8,33-45H2,1-6H3,(H,76,84)(H,77,85). The minimum atomic E-state index is -1.22. The summed E-state index contributed by atoms with van der Waals surface area (Å²) in [6, 6.07) is 48.9. The van der Waals surface area contributed by atoms with Crippen LogP contribution in [0.1, 0.15) is 149 Å². The van der Waals surface area contributed by atoms with Gasteiger partial charge in [-0.15, -0.1) is 0 Å². The number of benzene rings is 6. The average molecular weight is 1190 g/mol. The molecule has 4 aliphatic rings. The van der Waals surface area contributed by atoms with E-state index in [4.69, 9.17) is 18.9 Å². The number of hydrogen-bond acceptors (Lipinski definition) is 8. The van der Waals surface area contributed by atoms with Gasteiger partial charge in [0.25, 0.3) is 0 Å². The Balaban J connectivity index is 0.574. The van der Waals surface area contributed by atoms with Crippen LogP contribution < -0.4 is 10.6 Å². The van der Waals surface area contributed by atoms with Gasteiger partial charge in [0.1, 0.15) is 13.2 Å². The number of para-hydroxylation sites is 4. The van der Waals surface area contributed by atoms with Crippen LogP contribution in [0.25, 0.3) is 43.6 Å². The highest BCUT2D eigenvalue weighted by Crippen LogP contribution is 2.56. The van der Waals surface area contributed by atoms with E-state index in [9.17, 15) is 19.2 Å². The molecule has 2 aliphatic carbocycles. The van der Waals surface area contributed by atoms with Gasteiger partial charge in [-0.1, -0.05) is 109 Å². The topological polar surface area (TPSA) is 149 Å². The molecule has 14 rings (SSSR count). The van der Waals surface area contributed by atoms with Crippen LogP contribution in [0.15, 0.2) is 146 Å². The van der Waals surface area contributed by atoms with Gasteiger partial charge in [-0.2, -0.15) is 0 Å². The number of ether oxygens (including phenoxy) is 4. The number of nitrogens with one attached hydrogen (secondary N) is 2. The quantitative estimate of drug-likeness (QED) is 0.0717. The number of aryl methyl sites for hydroxylation is 2. The normalized spacial score (nSPS) is 21.5. The molecule has 6 aromatic carbocycles. The zero-order valence-electron chi connectivity index (χ0n) is 51.8. The summed E-state index contributed by atoms with van der Waals surface area (Å²) < 4.78 is 34.6. The number of fused-ring (bicyclic) bond motifs is 6. The van der Waals surface area contributed by atoms with Crippen molar-refractivity contribution >= 4 is 67.7 Å². The van der Waals surface area contributed by atoms with Gasteiger partial charge < -0.3 is 47.8 Å². The van der Waals surface area contributed by atoms with Crippen LogP contribution in [0, 0.1) is 39.5 Å². The Labute approximate surface area is 519 Å². The molecule has 0 spiro atoms. The van der Waals surface area contributed by atoms with Crippen molar-refractivity contribution in [2.45, 2.75) is 149 Å². The second-order valence-electron chi connectivity index (χ2n) is 25.2. The van der Waals surface area contributed by atoms with Crippen LogP contribution in [0.2, 0.25) is 0 Å². The molecule has 2 saturated carbocycles. The molecule has 2 atom stereocenters. The second kappa shape index (κ2) is 23.2. The monoisotopic (exact) mass is 1190 g/mol. The summed E-state index contributed by atoms with van der Waals surface area (Å²) in [7, 11) is 0. The number of carbonyl (C=O) groups excluding carboxylic acids is 4. The number of amides is 2. The fourth-order valence-corrected chi connectivity index (χ4v) is 16.8. The minimum absolute atomic E-state index is 0.0586. The van der Waals surface area contributed by atoms with Crippen LogP contribution in [0.4, 0.5) is 9.59 Å². The Hall–Kier alpha value is -9.04. The minimum Gasteiger partial charge on any atom is -0.448 e. The maximum absolute atomic E-state index is 14.0. The SMILES string of the molecule is CCn1c(C)c(C2(c3c(C)n(CCOC(=O)NC4CCC(CC5CCC(NC(=O)OCCn6c(C)c(C7(c8c(C)n(CC)c9ccccc89)OC(=O)c8ccccc87)c7ccccc76)CC5)CC4)c4ccccc34)OC(=O)c3ccccc32)c2ccccc21. The molecule has 10 aromatic rings. The van der Waals surface area contributed by atoms with Gasteiger partial charge >= 0.3 is 24.1 Å². The van der Waals surface area contributed by atoms with Crippen LogP contribution >= 0.6 is 0 Å². The van der Waals surface area contributed by atoms with Crippen molar-refractivity contribution in [3.8, 4) is 0 Å². The van der Waals surface area contributed by atoms with E-state index in [2.05, 4.69) is 131 Å². The van der Waals surface area contributed by atoms with Crippen molar-refractivity contribution in [2.75, 3.05) is 13.2 Å². The van der Waals surface area contributed by atoms with Crippen molar-refractivity contribution in [3.05, 3.63) is 213 Å². The van der Waals surface area contributed by atoms with Crippen molar-refractivity contribution in [2.24, 2.45) is 11.8 Å². The zero-order valence-corrected chi connectivity index (χ0v) is 51.8. The Morgan fingerprint density at radius 2 is 0.742 bits per heavy atom. The number of cyclic esters (lactones) is 2. The summed E-state index contributed by atoms with van der Waals surface area (Å²) in [6.07, 6.45) is 8.22. The van der Waals surface area contributed by atoms with E-state index in [0.717, 1.165) is 171 Å². The predicted octanol–water partition coefficient (Wildman–Crippen LogP) is 15.4. The first kappa shape index (κ1) is 57.7. The van der Waals surface area contributed by atoms with E-state index in [1.807, 2.05) is 84.9 Å². The Bertz CT molecular complexity index is 4150. The first-order valence-corrected chi connectivity index (χ1v) is 32.2. The van der Waals surface area contributed by atoms with E-state index in [0.29, 0.717) is 36.1 Å². The van der Waals surface area contributed by atoms with E-state index in [1.165, 1.54) is 0 Å². The van der Waals surface area contributed by atoms with Crippen LogP contribution in [0.5, 0.6) is 0 Å². The molecule has 2 unspecified atom stereocenters. The molecule has 2 fully saturated rings. The molecule has 456 valence electrons. The third-order valence-corrected chi connectivity index (χ3v) is 20.6.